The summed E-state index contributed by atoms with van der Waals surface area (Å²) in [5.74, 6) is -1.26. The molecule has 0 spiro atoms. The number of aliphatic hydroxyl groups excluding tert-OH is 5. The van der Waals surface area contributed by atoms with Gasteiger partial charge in [-0.05, 0) is 103 Å². The lowest BCUT2D eigenvalue weighted by Crippen LogP contribution is -2.61. The second kappa shape index (κ2) is 48.3. The Morgan fingerprint density at radius 2 is 1.00 bits per heavy atom. The van der Waals surface area contributed by atoms with Gasteiger partial charge < -0.3 is 45.1 Å². The zero-order chi connectivity index (χ0) is 52.5. The molecular weight excluding hydrogens is 907 g/mol. The minimum atomic E-state index is -1.63. The summed E-state index contributed by atoms with van der Waals surface area (Å²) in [5, 5.41) is 56.7. The molecule has 0 aromatic rings. The van der Waals surface area contributed by atoms with Gasteiger partial charge in [-0.3, -0.25) is 9.59 Å². The van der Waals surface area contributed by atoms with E-state index in [2.05, 4.69) is 123 Å². The molecule has 6 N–H and O–H groups in total. The van der Waals surface area contributed by atoms with Crippen molar-refractivity contribution in [3.8, 4) is 0 Å². The number of carbonyl (C=O) groups is 2. The zero-order valence-corrected chi connectivity index (χ0v) is 45.0. The van der Waals surface area contributed by atoms with Crippen LogP contribution < -0.4 is 5.32 Å². The summed E-state index contributed by atoms with van der Waals surface area (Å²) in [4.78, 5) is 26.4. The van der Waals surface area contributed by atoms with E-state index >= 15 is 0 Å². The van der Waals surface area contributed by atoms with Crippen LogP contribution in [-0.2, 0) is 23.8 Å². The summed E-state index contributed by atoms with van der Waals surface area (Å²) in [7, 11) is 0. The van der Waals surface area contributed by atoms with Gasteiger partial charge in [-0.1, -0.05) is 201 Å². The number of esters is 1. The van der Waals surface area contributed by atoms with Crippen LogP contribution in [0.1, 0.15) is 201 Å². The van der Waals surface area contributed by atoms with Gasteiger partial charge >= 0.3 is 5.97 Å². The van der Waals surface area contributed by atoms with Crippen molar-refractivity contribution in [2.24, 2.45) is 0 Å². The molecule has 1 aliphatic rings. The topological polar surface area (TPSA) is 175 Å². The lowest BCUT2D eigenvalue weighted by Gasteiger charge is -2.41. The van der Waals surface area contributed by atoms with Crippen LogP contribution in [0.2, 0.25) is 0 Å². The molecule has 1 heterocycles. The van der Waals surface area contributed by atoms with Gasteiger partial charge in [0.2, 0.25) is 5.91 Å². The second-order valence-corrected chi connectivity index (χ2v) is 18.9. The second-order valence-electron chi connectivity index (χ2n) is 18.9. The minimum absolute atomic E-state index is 0.0872. The molecular formula is C61H101NO10. The maximum Gasteiger partial charge on any atom is 0.306 e. The first-order chi connectivity index (χ1) is 35.2. The van der Waals surface area contributed by atoms with Crippen molar-refractivity contribution >= 4 is 11.9 Å². The standard InChI is InChI=1S/C61H101NO10/c1-4-7-10-13-16-19-22-24-26-27-28-29-30-33-36-39-42-45-48-54(65)60(69)62-52(53(64)47-44-41-38-35-32-21-18-15-12-9-6-3)51-70-61-59(58(68)57(67)55(50-63)71-61)72-56(66)49-46-43-40-37-34-31-25-23-20-17-14-11-8-5-2/h7-8,10-11,16-17,19-20,24-26,28-29,31,33,36,44,47,52-55,57-59,61,63-65,67-68H,4-6,9,12-15,18,21-23,27,30,32,34-35,37-43,45-46,48-51H2,1-3H3,(H,62,69)/b10-7-,11-8+,19-16-,20-17+,26-24-,29-28-,31-25+,36-33-,47-44+. The number of hydrogen-bond donors (Lipinski definition) is 6. The molecule has 0 aliphatic carbocycles. The van der Waals surface area contributed by atoms with Crippen LogP contribution in [0, 0.1) is 0 Å². The molecule has 8 atom stereocenters. The molecule has 1 rings (SSSR count). The third-order valence-electron chi connectivity index (χ3n) is 12.4. The number of ether oxygens (including phenoxy) is 3. The van der Waals surface area contributed by atoms with Crippen molar-refractivity contribution in [3.05, 3.63) is 109 Å². The van der Waals surface area contributed by atoms with Crippen LogP contribution in [0.3, 0.4) is 0 Å². The van der Waals surface area contributed by atoms with Crippen LogP contribution in [0.25, 0.3) is 0 Å². The average Bonchev–Trinajstić information content (AvgIpc) is 3.38. The SMILES string of the molecule is CC/C=C\C/C=C\C/C=C\C/C=C\C/C=C\CCCCC(O)C(=O)NC(COC1OC(CO)C(O)C(O)C1OC(=O)CCCCCC/C=C/C/C=C/C/C=C/CC)C(O)/C=C/CCCCCCCCCCC. The summed E-state index contributed by atoms with van der Waals surface area (Å²) in [6, 6.07) is -1.05. The summed E-state index contributed by atoms with van der Waals surface area (Å²) < 4.78 is 17.5. The van der Waals surface area contributed by atoms with Crippen LogP contribution in [0.5, 0.6) is 0 Å². The Hall–Kier alpha value is -3.68. The number of allylic oxidation sites excluding steroid dienone is 17. The van der Waals surface area contributed by atoms with Gasteiger partial charge in [0.15, 0.2) is 12.4 Å². The molecule has 1 amide bonds. The third-order valence-corrected chi connectivity index (χ3v) is 12.4. The Kier molecular flexibility index (Phi) is 44.5. The third kappa shape index (κ3) is 36.3. The first-order valence-electron chi connectivity index (χ1n) is 28.2. The van der Waals surface area contributed by atoms with Gasteiger partial charge in [-0.2, -0.15) is 0 Å². The van der Waals surface area contributed by atoms with E-state index in [-0.39, 0.29) is 19.4 Å². The largest absolute Gasteiger partial charge is 0.454 e. The molecule has 11 nitrogen and oxygen atoms in total. The van der Waals surface area contributed by atoms with E-state index < -0.39 is 67.4 Å². The minimum Gasteiger partial charge on any atom is -0.454 e. The van der Waals surface area contributed by atoms with Gasteiger partial charge in [0, 0.05) is 6.42 Å². The van der Waals surface area contributed by atoms with Gasteiger partial charge in [0.25, 0.3) is 0 Å². The van der Waals surface area contributed by atoms with Crippen LogP contribution in [0.4, 0.5) is 0 Å². The van der Waals surface area contributed by atoms with E-state index in [9.17, 15) is 35.1 Å². The summed E-state index contributed by atoms with van der Waals surface area (Å²) in [5.41, 5.74) is 0. The lowest BCUT2D eigenvalue weighted by molar-refractivity contribution is -0.305. The van der Waals surface area contributed by atoms with E-state index in [1.54, 1.807) is 6.08 Å². The van der Waals surface area contributed by atoms with Crippen molar-refractivity contribution < 1.29 is 49.3 Å². The fourth-order valence-electron chi connectivity index (χ4n) is 7.98. The Morgan fingerprint density at radius 1 is 0.556 bits per heavy atom. The van der Waals surface area contributed by atoms with E-state index in [1.165, 1.54) is 38.5 Å². The highest BCUT2D eigenvalue weighted by molar-refractivity contribution is 5.80. The Bertz CT molecular complexity index is 1580. The number of unbranched alkanes of at least 4 members (excludes halogenated alkanes) is 15. The zero-order valence-electron chi connectivity index (χ0n) is 45.0. The van der Waals surface area contributed by atoms with Crippen molar-refractivity contribution in [1.82, 2.24) is 5.32 Å². The Morgan fingerprint density at radius 3 is 1.50 bits per heavy atom. The van der Waals surface area contributed by atoms with E-state index in [4.69, 9.17) is 14.2 Å². The molecule has 72 heavy (non-hydrogen) atoms. The molecule has 1 aliphatic heterocycles. The fourth-order valence-corrected chi connectivity index (χ4v) is 7.98. The number of nitrogens with one attached hydrogen (secondary N) is 1. The van der Waals surface area contributed by atoms with Crippen LogP contribution >= 0.6 is 0 Å². The highest BCUT2D eigenvalue weighted by Crippen LogP contribution is 2.26. The molecule has 0 aromatic heterocycles. The highest BCUT2D eigenvalue weighted by Gasteiger charge is 2.47. The monoisotopic (exact) mass is 1010 g/mol. The molecule has 1 saturated heterocycles. The molecule has 0 aromatic carbocycles. The van der Waals surface area contributed by atoms with E-state index in [1.807, 2.05) is 6.08 Å². The lowest BCUT2D eigenvalue weighted by atomic mass is 9.99. The molecule has 410 valence electrons. The quantitative estimate of drug-likeness (QED) is 0.0196. The molecule has 11 heteroatoms. The Labute approximate surface area is 437 Å². The number of carbonyl (C=O) groups excluding carboxylic acids is 2. The number of rotatable bonds is 45. The summed E-state index contributed by atoms with van der Waals surface area (Å²) in [6.07, 6.45) is 54.2. The predicted molar refractivity (Wildman–Crippen MR) is 296 cm³/mol. The molecule has 0 saturated carbocycles. The van der Waals surface area contributed by atoms with Gasteiger partial charge in [0.05, 0.1) is 25.4 Å². The normalized spacial score (nSPS) is 20.4. The van der Waals surface area contributed by atoms with Crippen molar-refractivity contribution in [2.45, 2.75) is 250 Å². The summed E-state index contributed by atoms with van der Waals surface area (Å²) >= 11 is 0. The number of amides is 1. The number of hydrogen-bond acceptors (Lipinski definition) is 10. The Balaban J connectivity index is 2.78. The first kappa shape index (κ1) is 66.3. The van der Waals surface area contributed by atoms with E-state index in [0.29, 0.717) is 12.8 Å². The maximum absolute atomic E-state index is 13.4. The van der Waals surface area contributed by atoms with Gasteiger partial charge in [0.1, 0.15) is 24.4 Å². The molecule has 0 bridgehead atoms. The van der Waals surface area contributed by atoms with Crippen molar-refractivity contribution in [3.63, 3.8) is 0 Å². The van der Waals surface area contributed by atoms with Gasteiger partial charge in [-0.25, -0.2) is 0 Å². The van der Waals surface area contributed by atoms with E-state index in [0.717, 1.165) is 116 Å². The predicted octanol–water partition coefficient (Wildman–Crippen LogP) is 12.5. The molecule has 8 unspecified atom stereocenters. The van der Waals surface area contributed by atoms with Crippen LogP contribution in [0.15, 0.2) is 109 Å². The van der Waals surface area contributed by atoms with Crippen molar-refractivity contribution in [1.29, 1.82) is 0 Å². The maximum atomic E-state index is 13.4. The number of aliphatic hydroxyl groups is 5. The smallest absolute Gasteiger partial charge is 0.306 e. The fraction of sp³-hybridized carbons (Fsp3) is 0.672. The highest BCUT2D eigenvalue weighted by atomic mass is 16.7. The molecule has 1 fully saturated rings. The average molecular weight is 1010 g/mol. The molecule has 0 radical (unpaired) electrons. The van der Waals surface area contributed by atoms with Gasteiger partial charge in [-0.15, -0.1) is 0 Å². The van der Waals surface area contributed by atoms with Crippen molar-refractivity contribution in [2.75, 3.05) is 13.2 Å². The first-order valence-corrected chi connectivity index (χ1v) is 28.2. The summed E-state index contributed by atoms with van der Waals surface area (Å²) in [6.45, 7) is 5.48. The van der Waals surface area contributed by atoms with Crippen LogP contribution in [-0.4, -0.2) is 99.6 Å².